The van der Waals surface area contributed by atoms with Crippen molar-refractivity contribution in [2.45, 2.75) is 6.54 Å². The van der Waals surface area contributed by atoms with Gasteiger partial charge in [0.05, 0.1) is 5.52 Å². The second-order valence-electron chi connectivity index (χ2n) is 4.76. The Bertz CT molecular complexity index is 797. The molecular weight excluding hydrogens is 268 g/mol. The van der Waals surface area contributed by atoms with E-state index >= 15 is 0 Å². The highest BCUT2D eigenvalue weighted by Gasteiger charge is 2.11. The molecule has 2 aromatic heterocycles. The van der Waals surface area contributed by atoms with Gasteiger partial charge in [0, 0.05) is 26.0 Å². The van der Waals surface area contributed by atoms with Crippen molar-refractivity contribution < 1.29 is 9.90 Å². The zero-order valence-corrected chi connectivity index (χ0v) is 11.4. The Morgan fingerprint density at radius 1 is 1.33 bits per heavy atom. The molecule has 0 amide bonds. The van der Waals surface area contributed by atoms with Gasteiger partial charge in [-0.15, -0.1) is 0 Å². The molecule has 0 saturated heterocycles. The van der Waals surface area contributed by atoms with Crippen molar-refractivity contribution in [3.63, 3.8) is 0 Å². The predicted molar refractivity (Wildman–Crippen MR) is 79.4 cm³/mol. The average molecular weight is 282 g/mol. The van der Waals surface area contributed by atoms with E-state index in [1.807, 2.05) is 42.4 Å². The van der Waals surface area contributed by atoms with Crippen LogP contribution in [0.4, 0.5) is 5.82 Å². The lowest BCUT2D eigenvalue weighted by Gasteiger charge is -2.18. The van der Waals surface area contributed by atoms with Crippen LogP contribution in [0.2, 0.25) is 0 Å². The van der Waals surface area contributed by atoms with Gasteiger partial charge in [-0.05, 0) is 23.1 Å². The standard InChI is InChI=1S/C15H14N4O2/c1-19(12-6-8-17-14(18-12)15(20)21)9-11-4-2-3-10-5-7-16-13(10)11/h2-8,16H,9H2,1H3,(H,20,21). The molecule has 0 radical (unpaired) electrons. The molecule has 0 aliphatic carbocycles. The number of anilines is 1. The molecule has 6 heteroatoms. The Morgan fingerprint density at radius 3 is 3.00 bits per heavy atom. The minimum absolute atomic E-state index is 0.197. The summed E-state index contributed by atoms with van der Waals surface area (Å²) in [6.07, 6.45) is 3.36. The first-order valence-electron chi connectivity index (χ1n) is 6.47. The summed E-state index contributed by atoms with van der Waals surface area (Å²) in [5.74, 6) is -0.750. The summed E-state index contributed by atoms with van der Waals surface area (Å²) in [7, 11) is 1.87. The van der Waals surface area contributed by atoms with Crippen LogP contribution < -0.4 is 4.90 Å². The number of aromatic carboxylic acids is 1. The minimum atomic E-state index is -1.13. The highest BCUT2D eigenvalue weighted by Crippen LogP contribution is 2.20. The topological polar surface area (TPSA) is 82.1 Å². The fraction of sp³-hybridized carbons (Fsp3) is 0.133. The highest BCUT2D eigenvalue weighted by atomic mass is 16.4. The number of carboxylic acid groups (broad SMARTS) is 1. The molecule has 0 fully saturated rings. The van der Waals surface area contributed by atoms with Crippen molar-refractivity contribution in [3.05, 3.63) is 54.1 Å². The molecule has 6 nitrogen and oxygen atoms in total. The lowest BCUT2D eigenvalue weighted by molar-refractivity contribution is 0.0683. The van der Waals surface area contributed by atoms with E-state index in [1.165, 1.54) is 6.20 Å². The number of carbonyl (C=O) groups is 1. The Hall–Kier alpha value is -2.89. The number of nitrogens with zero attached hydrogens (tertiary/aromatic N) is 3. The Balaban J connectivity index is 1.89. The molecule has 3 aromatic rings. The van der Waals surface area contributed by atoms with Crippen LogP contribution in [0, 0.1) is 0 Å². The molecule has 3 rings (SSSR count). The maximum Gasteiger partial charge on any atom is 0.374 e. The number of nitrogens with one attached hydrogen (secondary N) is 1. The van der Waals surface area contributed by atoms with Gasteiger partial charge in [0.1, 0.15) is 5.82 Å². The molecule has 0 spiro atoms. The number of aromatic nitrogens is 3. The summed E-state index contributed by atoms with van der Waals surface area (Å²) in [6.45, 7) is 0.619. The normalized spacial score (nSPS) is 10.7. The molecule has 21 heavy (non-hydrogen) atoms. The fourth-order valence-electron chi connectivity index (χ4n) is 2.28. The van der Waals surface area contributed by atoms with Crippen LogP contribution in [0.1, 0.15) is 16.2 Å². The number of fused-ring (bicyclic) bond motifs is 1. The van der Waals surface area contributed by atoms with Crippen molar-refractivity contribution in [1.29, 1.82) is 0 Å². The van der Waals surface area contributed by atoms with Gasteiger partial charge in [0.15, 0.2) is 0 Å². The summed E-state index contributed by atoms with van der Waals surface area (Å²) < 4.78 is 0. The third kappa shape index (κ3) is 2.55. The molecule has 0 saturated carbocycles. The molecule has 0 atom stereocenters. The second kappa shape index (κ2) is 5.24. The lowest BCUT2D eigenvalue weighted by atomic mass is 10.1. The predicted octanol–water partition coefficient (Wildman–Crippen LogP) is 2.29. The lowest BCUT2D eigenvalue weighted by Crippen LogP contribution is -2.19. The Labute approximate surface area is 121 Å². The maximum absolute atomic E-state index is 10.9. The summed E-state index contributed by atoms with van der Waals surface area (Å²) in [6, 6.07) is 9.80. The van der Waals surface area contributed by atoms with Crippen molar-refractivity contribution in [3.8, 4) is 0 Å². The number of para-hydroxylation sites is 1. The van der Waals surface area contributed by atoms with Gasteiger partial charge in [-0.3, -0.25) is 0 Å². The summed E-state index contributed by atoms with van der Waals surface area (Å²) in [5.41, 5.74) is 2.20. The third-order valence-electron chi connectivity index (χ3n) is 3.30. The fourth-order valence-corrected chi connectivity index (χ4v) is 2.28. The summed E-state index contributed by atoms with van der Waals surface area (Å²) in [4.78, 5) is 23.8. The smallest absolute Gasteiger partial charge is 0.374 e. The monoisotopic (exact) mass is 282 g/mol. The molecule has 0 aliphatic heterocycles. The van der Waals surface area contributed by atoms with Crippen molar-refractivity contribution in [2.24, 2.45) is 0 Å². The average Bonchev–Trinajstić information content (AvgIpc) is 2.97. The van der Waals surface area contributed by atoms with E-state index in [2.05, 4.69) is 15.0 Å². The van der Waals surface area contributed by atoms with Crippen LogP contribution in [0.25, 0.3) is 10.9 Å². The third-order valence-corrected chi connectivity index (χ3v) is 3.30. The van der Waals surface area contributed by atoms with Crippen LogP contribution in [-0.4, -0.2) is 33.1 Å². The molecule has 0 unspecified atom stereocenters. The molecule has 0 bridgehead atoms. The Morgan fingerprint density at radius 2 is 2.19 bits per heavy atom. The van der Waals surface area contributed by atoms with E-state index in [4.69, 9.17) is 5.11 Å². The first-order chi connectivity index (χ1) is 10.1. The van der Waals surface area contributed by atoms with Crippen LogP contribution >= 0.6 is 0 Å². The zero-order valence-electron chi connectivity index (χ0n) is 11.4. The molecule has 2 N–H and O–H groups in total. The van der Waals surface area contributed by atoms with Crippen LogP contribution in [0.15, 0.2) is 42.7 Å². The van der Waals surface area contributed by atoms with E-state index in [-0.39, 0.29) is 5.82 Å². The first kappa shape index (κ1) is 13.1. The van der Waals surface area contributed by atoms with Gasteiger partial charge >= 0.3 is 5.97 Å². The number of rotatable bonds is 4. The second-order valence-corrected chi connectivity index (χ2v) is 4.76. The van der Waals surface area contributed by atoms with E-state index in [0.717, 1.165) is 16.5 Å². The molecular formula is C15H14N4O2. The number of aromatic amines is 1. The van der Waals surface area contributed by atoms with Gasteiger partial charge in [-0.25, -0.2) is 14.8 Å². The number of benzene rings is 1. The Kier molecular flexibility index (Phi) is 3.27. The van der Waals surface area contributed by atoms with Crippen molar-refractivity contribution in [2.75, 3.05) is 11.9 Å². The van der Waals surface area contributed by atoms with E-state index in [1.54, 1.807) is 6.07 Å². The maximum atomic E-state index is 10.9. The van der Waals surface area contributed by atoms with Crippen LogP contribution in [0.5, 0.6) is 0 Å². The van der Waals surface area contributed by atoms with Crippen molar-refractivity contribution >= 4 is 22.7 Å². The first-order valence-corrected chi connectivity index (χ1v) is 6.47. The number of H-pyrrole nitrogens is 1. The minimum Gasteiger partial charge on any atom is -0.475 e. The highest BCUT2D eigenvalue weighted by molar-refractivity contribution is 5.84. The number of hydrogen-bond acceptors (Lipinski definition) is 4. The van der Waals surface area contributed by atoms with Gasteiger partial charge in [0.2, 0.25) is 5.82 Å². The quantitative estimate of drug-likeness (QED) is 0.767. The van der Waals surface area contributed by atoms with Gasteiger partial charge in [-0.2, -0.15) is 0 Å². The van der Waals surface area contributed by atoms with Crippen LogP contribution in [0.3, 0.4) is 0 Å². The van der Waals surface area contributed by atoms with E-state index < -0.39 is 5.97 Å². The summed E-state index contributed by atoms with van der Waals surface area (Å²) in [5, 5.41) is 10.1. The van der Waals surface area contributed by atoms with Gasteiger partial charge in [0.25, 0.3) is 0 Å². The van der Waals surface area contributed by atoms with E-state index in [9.17, 15) is 4.79 Å². The SMILES string of the molecule is CN(Cc1cccc2cc[nH]c12)c1ccnc(C(=O)O)n1. The molecule has 106 valence electrons. The summed E-state index contributed by atoms with van der Waals surface area (Å²) >= 11 is 0. The number of carboxylic acids is 1. The van der Waals surface area contributed by atoms with Gasteiger partial charge < -0.3 is 15.0 Å². The molecule has 2 heterocycles. The van der Waals surface area contributed by atoms with Gasteiger partial charge in [-0.1, -0.05) is 18.2 Å². The van der Waals surface area contributed by atoms with Crippen molar-refractivity contribution in [1.82, 2.24) is 15.0 Å². The van der Waals surface area contributed by atoms with Crippen LogP contribution in [-0.2, 0) is 6.54 Å². The van der Waals surface area contributed by atoms with E-state index in [0.29, 0.717) is 12.4 Å². The largest absolute Gasteiger partial charge is 0.475 e. The zero-order chi connectivity index (χ0) is 14.8. The number of hydrogen-bond donors (Lipinski definition) is 2. The molecule has 1 aromatic carbocycles. The molecule has 0 aliphatic rings.